The molecule has 0 saturated heterocycles. The standard InChI is InChI=1S/C10H11N.2C2H6/c1-2-9-7-10-5-3-4-6-11(10)8-9;2*1-2/h3-8H,2H2,1H3;2*1-2H3. The van der Waals surface area contributed by atoms with Gasteiger partial charge in [0.05, 0.1) is 0 Å². The van der Waals surface area contributed by atoms with E-state index >= 15 is 0 Å². The van der Waals surface area contributed by atoms with E-state index in [9.17, 15) is 0 Å². The zero-order valence-electron chi connectivity index (χ0n) is 10.6. The van der Waals surface area contributed by atoms with E-state index in [0.29, 0.717) is 0 Å². The molecule has 0 aliphatic carbocycles. The van der Waals surface area contributed by atoms with Crippen LogP contribution in [0.15, 0.2) is 36.7 Å². The minimum Gasteiger partial charge on any atom is -0.324 e. The van der Waals surface area contributed by atoms with Gasteiger partial charge in [-0.25, -0.2) is 0 Å². The number of aryl methyl sites for hydroxylation is 1. The summed E-state index contributed by atoms with van der Waals surface area (Å²) in [6, 6.07) is 8.46. The van der Waals surface area contributed by atoms with Crippen molar-refractivity contribution in [1.29, 1.82) is 0 Å². The fourth-order valence-corrected chi connectivity index (χ4v) is 1.31. The van der Waals surface area contributed by atoms with E-state index in [1.54, 1.807) is 0 Å². The van der Waals surface area contributed by atoms with Gasteiger partial charge >= 0.3 is 0 Å². The molecule has 0 spiro atoms. The lowest BCUT2D eigenvalue weighted by molar-refractivity contribution is 1.11. The van der Waals surface area contributed by atoms with Crippen molar-refractivity contribution in [3.63, 3.8) is 0 Å². The zero-order chi connectivity index (χ0) is 11.7. The van der Waals surface area contributed by atoms with E-state index < -0.39 is 0 Å². The predicted octanol–water partition coefficient (Wildman–Crippen LogP) is 4.55. The van der Waals surface area contributed by atoms with Gasteiger partial charge in [-0.1, -0.05) is 40.7 Å². The first-order valence-electron chi connectivity index (χ1n) is 5.96. The Balaban J connectivity index is 0.000000442. The number of aromatic nitrogens is 1. The van der Waals surface area contributed by atoms with Crippen molar-refractivity contribution >= 4 is 5.52 Å². The maximum atomic E-state index is 2.22. The van der Waals surface area contributed by atoms with Crippen LogP contribution in [0.5, 0.6) is 0 Å². The summed E-state index contributed by atoms with van der Waals surface area (Å²) < 4.78 is 2.15. The molecule has 0 radical (unpaired) electrons. The van der Waals surface area contributed by atoms with Gasteiger partial charge in [-0.3, -0.25) is 0 Å². The van der Waals surface area contributed by atoms with Crippen molar-refractivity contribution in [2.45, 2.75) is 41.0 Å². The first-order valence-corrected chi connectivity index (χ1v) is 5.96. The normalized spacial score (nSPS) is 8.60. The Labute approximate surface area is 93.8 Å². The summed E-state index contributed by atoms with van der Waals surface area (Å²) in [7, 11) is 0. The molecule has 0 fully saturated rings. The molecule has 15 heavy (non-hydrogen) atoms. The third-order valence-corrected chi connectivity index (χ3v) is 1.97. The van der Waals surface area contributed by atoms with Gasteiger partial charge in [0, 0.05) is 17.9 Å². The zero-order valence-corrected chi connectivity index (χ0v) is 10.6. The van der Waals surface area contributed by atoms with Crippen molar-refractivity contribution < 1.29 is 0 Å². The molecule has 0 aromatic carbocycles. The fraction of sp³-hybridized carbons (Fsp3) is 0.429. The molecule has 2 heterocycles. The Hall–Kier alpha value is -1.24. The largest absolute Gasteiger partial charge is 0.324 e. The Kier molecular flexibility index (Phi) is 7.43. The second-order valence-electron chi connectivity index (χ2n) is 2.73. The highest BCUT2D eigenvalue weighted by Crippen LogP contribution is 2.09. The Bertz CT molecular complexity index is 327. The number of pyridine rings is 1. The van der Waals surface area contributed by atoms with Crippen LogP contribution in [0, 0.1) is 0 Å². The van der Waals surface area contributed by atoms with Crippen LogP contribution in [0.25, 0.3) is 5.52 Å². The van der Waals surface area contributed by atoms with Gasteiger partial charge in [0.1, 0.15) is 0 Å². The lowest BCUT2D eigenvalue weighted by atomic mass is 10.2. The van der Waals surface area contributed by atoms with E-state index in [4.69, 9.17) is 0 Å². The number of hydrogen-bond donors (Lipinski definition) is 0. The van der Waals surface area contributed by atoms with Crippen LogP contribution in [-0.4, -0.2) is 4.40 Å². The monoisotopic (exact) mass is 205 g/mol. The molecule has 1 nitrogen and oxygen atoms in total. The topological polar surface area (TPSA) is 4.41 Å². The van der Waals surface area contributed by atoms with Crippen LogP contribution in [0.2, 0.25) is 0 Å². The second-order valence-corrected chi connectivity index (χ2v) is 2.73. The molecular weight excluding hydrogens is 182 g/mol. The molecule has 0 aliphatic rings. The first-order chi connectivity index (χ1) is 7.40. The number of hydrogen-bond acceptors (Lipinski definition) is 0. The molecule has 84 valence electrons. The van der Waals surface area contributed by atoms with Crippen LogP contribution < -0.4 is 0 Å². The highest BCUT2D eigenvalue weighted by molar-refractivity contribution is 5.50. The maximum Gasteiger partial charge on any atom is 0.0452 e. The number of fused-ring (bicyclic) bond motifs is 1. The van der Waals surface area contributed by atoms with E-state index in [1.807, 2.05) is 33.8 Å². The first kappa shape index (κ1) is 13.8. The molecule has 0 amide bonds. The van der Waals surface area contributed by atoms with Crippen LogP contribution in [-0.2, 0) is 6.42 Å². The SMILES string of the molecule is CC.CC.CCc1cc2ccccn2c1. The molecular formula is C14H23N. The highest BCUT2D eigenvalue weighted by atomic mass is 14.8. The van der Waals surface area contributed by atoms with Crippen LogP contribution >= 0.6 is 0 Å². The third kappa shape index (κ3) is 3.78. The summed E-state index contributed by atoms with van der Waals surface area (Å²) in [5, 5.41) is 0. The van der Waals surface area contributed by atoms with Gasteiger partial charge in [0.25, 0.3) is 0 Å². The van der Waals surface area contributed by atoms with Crippen molar-refractivity contribution in [2.24, 2.45) is 0 Å². The number of rotatable bonds is 1. The summed E-state index contributed by atoms with van der Waals surface area (Å²) in [6.07, 6.45) is 5.37. The molecule has 0 saturated carbocycles. The number of nitrogens with zero attached hydrogens (tertiary/aromatic N) is 1. The fourth-order valence-electron chi connectivity index (χ4n) is 1.31. The second kappa shape index (κ2) is 8.10. The maximum absolute atomic E-state index is 2.22. The molecule has 2 aromatic rings. The summed E-state index contributed by atoms with van der Waals surface area (Å²) in [4.78, 5) is 0. The third-order valence-electron chi connectivity index (χ3n) is 1.97. The summed E-state index contributed by atoms with van der Waals surface area (Å²) >= 11 is 0. The Morgan fingerprint density at radius 2 is 1.73 bits per heavy atom. The molecule has 0 unspecified atom stereocenters. The van der Waals surface area contributed by atoms with E-state index in [0.717, 1.165) is 6.42 Å². The summed E-state index contributed by atoms with van der Waals surface area (Å²) in [5.41, 5.74) is 2.68. The Morgan fingerprint density at radius 1 is 1.07 bits per heavy atom. The molecule has 0 aliphatic heterocycles. The minimum absolute atomic E-state index is 1.11. The van der Waals surface area contributed by atoms with E-state index in [-0.39, 0.29) is 0 Å². The van der Waals surface area contributed by atoms with Crippen LogP contribution in [0.3, 0.4) is 0 Å². The average molecular weight is 205 g/mol. The van der Waals surface area contributed by atoms with Crippen molar-refractivity contribution in [2.75, 3.05) is 0 Å². The van der Waals surface area contributed by atoms with Crippen LogP contribution in [0.1, 0.15) is 40.2 Å². The van der Waals surface area contributed by atoms with Crippen molar-refractivity contribution in [1.82, 2.24) is 4.40 Å². The summed E-state index contributed by atoms with van der Waals surface area (Å²) in [6.45, 7) is 10.2. The quantitative estimate of drug-likeness (QED) is 0.643. The van der Waals surface area contributed by atoms with Gasteiger partial charge in [-0.05, 0) is 30.2 Å². The summed E-state index contributed by atoms with van der Waals surface area (Å²) in [5.74, 6) is 0. The lowest BCUT2D eigenvalue weighted by Gasteiger charge is -1.88. The molecule has 2 aromatic heterocycles. The van der Waals surface area contributed by atoms with Crippen molar-refractivity contribution in [3.8, 4) is 0 Å². The predicted molar refractivity (Wildman–Crippen MR) is 69.5 cm³/mol. The molecule has 1 heteroatoms. The average Bonchev–Trinajstić information content (AvgIpc) is 2.77. The molecule has 0 bridgehead atoms. The van der Waals surface area contributed by atoms with Gasteiger partial charge < -0.3 is 4.40 Å². The van der Waals surface area contributed by atoms with Gasteiger partial charge in [0.15, 0.2) is 0 Å². The lowest BCUT2D eigenvalue weighted by Crippen LogP contribution is -1.76. The van der Waals surface area contributed by atoms with Gasteiger partial charge in [-0.15, -0.1) is 0 Å². The Morgan fingerprint density at radius 3 is 2.27 bits per heavy atom. The van der Waals surface area contributed by atoms with E-state index in [2.05, 4.69) is 41.9 Å². The highest BCUT2D eigenvalue weighted by Gasteiger charge is 1.93. The van der Waals surface area contributed by atoms with Gasteiger partial charge in [0.2, 0.25) is 0 Å². The minimum atomic E-state index is 1.11. The van der Waals surface area contributed by atoms with Gasteiger partial charge in [-0.2, -0.15) is 0 Å². The van der Waals surface area contributed by atoms with E-state index in [1.165, 1.54) is 11.1 Å². The molecule has 2 rings (SSSR count). The molecule has 0 atom stereocenters. The van der Waals surface area contributed by atoms with Crippen molar-refractivity contribution in [3.05, 3.63) is 42.2 Å². The van der Waals surface area contributed by atoms with Crippen LogP contribution in [0.4, 0.5) is 0 Å². The smallest absolute Gasteiger partial charge is 0.0452 e. The molecule has 0 N–H and O–H groups in total.